The summed E-state index contributed by atoms with van der Waals surface area (Å²) in [5.41, 5.74) is 3.59. The van der Waals surface area contributed by atoms with Crippen LogP contribution in [0.15, 0.2) is 42.5 Å². The van der Waals surface area contributed by atoms with Crippen LogP contribution >= 0.6 is 22.6 Å². The van der Waals surface area contributed by atoms with Gasteiger partial charge in [-0.15, -0.1) is 0 Å². The third-order valence-corrected chi connectivity index (χ3v) is 4.31. The summed E-state index contributed by atoms with van der Waals surface area (Å²) in [5, 5.41) is 2.96. The molecule has 1 amide bonds. The highest BCUT2D eigenvalue weighted by Crippen LogP contribution is 2.17. The Hall–Kier alpha value is -1.56. The molecule has 0 fully saturated rings. The fourth-order valence-electron chi connectivity index (χ4n) is 2.08. The topological polar surface area (TPSA) is 38.3 Å². The third kappa shape index (κ3) is 4.73. The molecule has 3 nitrogen and oxygen atoms in total. The third-order valence-electron chi connectivity index (χ3n) is 3.59. The van der Waals surface area contributed by atoms with E-state index in [0.29, 0.717) is 5.75 Å². The molecule has 1 N–H and O–H groups in total. The number of halogens is 1. The molecular weight excluding hydrogens is 389 g/mol. The lowest BCUT2D eigenvalue weighted by Gasteiger charge is -2.16. The van der Waals surface area contributed by atoms with Crippen LogP contribution in [-0.2, 0) is 4.79 Å². The van der Waals surface area contributed by atoms with Gasteiger partial charge in [-0.1, -0.05) is 18.2 Å². The summed E-state index contributed by atoms with van der Waals surface area (Å²) < 4.78 is 6.62. The van der Waals surface area contributed by atoms with Gasteiger partial charge in [0.2, 0.25) is 0 Å². The maximum Gasteiger partial charge on any atom is 0.258 e. The van der Waals surface area contributed by atoms with Crippen molar-refractivity contribution < 1.29 is 9.53 Å². The van der Waals surface area contributed by atoms with E-state index in [4.69, 9.17) is 4.74 Å². The maximum atomic E-state index is 12.0. The molecule has 2 aromatic carbocycles. The molecule has 0 aliphatic rings. The second kappa shape index (κ2) is 7.63. The lowest BCUT2D eigenvalue weighted by molar-refractivity contribution is -0.123. The molecule has 0 aromatic heterocycles. The molecule has 4 heteroatoms. The van der Waals surface area contributed by atoms with Crippen LogP contribution in [0.1, 0.15) is 29.7 Å². The summed E-state index contributed by atoms with van der Waals surface area (Å²) in [6, 6.07) is 13.8. The van der Waals surface area contributed by atoms with Gasteiger partial charge in [-0.2, -0.15) is 0 Å². The van der Waals surface area contributed by atoms with Gasteiger partial charge in [-0.3, -0.25) is 4.79 Å². The first-order valence-electron chi connectivity index (χ1n) is 7.20. The minimum absolute atomic E-state index is 0.0236. The van der Waals surface area contributed by atoms with Gasteiger partial charge in [-0.05, 0) is 84.3 Å². The van der Waals surface area contributed by atoms with E-state index >= 15 is 0 Å². The summed E-state index contributed by atoms with van der Waals surface area (Å²) >= 11 is 2.23. The minimum Gasteiger partial charge on any atom is -0.484 e. The van der Waals surface area contributed by atoms with E-state index in [1.54, 1.807) is 0 Å². The Labute approximate surface area is 145 Å². The minimum atomic E-state index is -0.121. The van der Waals surface area contributed by atoms with Gasteiger partial charge in [0.1, 0.15) is 5.75 Å². The highest BCUT2D eigenvalue weighted by atomic mass is 127. The summed E-state index contributed by atoms with van der Waals surface area (Å²) in [5.74, 6) is 0.582. The number of carbonyl (C=O) groups excluding carboxylic acids is 1. The van der Waals surface area contributed by atoms with Crippen molar-refractivity contribution in [3.63, 3.8) is 0 Å². The Morgan fingerprint density at radius 3 is 2.45 bits per heavy atom. The van der Waals surface area contributed by atoms with Gasteiger partial charge in [0.25, 0.3) is 5.91 Å². The van der Waals surface area contributed by atoms with E-state index in [0.717, 1.165) is 9.13 Å². The molecule has 0 aliphatic heterocycles. The van der Waals surface area contributed by atoms with E-state index in [2.05, 4.69) is 53.9 Å². The Morgan fingerprint density at radius 1 is 1.14 bits per heavy atom. The first-order chi connectivity index (χ1) is 10.5. The Morgan fingerprint density at radius 2 is 1.82 bits per heavy atom. The zero-order valence-electron chi connectivity index (χ0n) is 13.0. The van der Waals surface area contributed by atoms with Crippen molar-refractivity contribution in [2.75, 3.05) is 6.61 Å². The van der Waals surface area contributed by atoms with E-state index in [1.165, 1.54) is 11.1 Å². The molecule has 0 unspecified atom stereocenters. The average molecular weight is 409 g/mol. The van der Waals surface area contributed by atoms with Crippen molar-refractivity contribution in [3.8, 4) is 5.75 Å². The van der Waals surface area contributed by atoms with Crippen molar-refractivity contribution in [3.05, 3.63) is 62.7 Å². The summed E-state index contributed by atoms with van der Waals surface area (Å²) in [6.45, 7) is 6.16. The van der Waals surface area contributed by atoms with Gasteiger partial charge >= 0.3 is 0 Å². The van der Waals surface area contributed by atoms with E-state index in [-0.39, 0.29) is 18.6 Å². The van der Waals surface area contributed by atoms with Crippen LogP contribution in [0.4, 0.5) is 0 Å². The average Bonchev–Trinajstić information content (AvgIpc) is 2.49. The first-order valence-corrected chi connectivity index (χ1v) is 8.28. The number of hydrogen-bond acceptors (Lipinski definition) is 2. The SMILES string of the molecule is Cc1ccc([C@H](C)NC(=O)COc2ccc(I)cc2)cc1C. The molecule has 0 spiro atoms. The van der Waals surface area contributed by atoms with Crippen LogP contribution in [0.5, 0.6) is 5.75 Å². The molecule has 0 aliphatic carbocycles. The van der Waals surface area contributed by atoms with Gasteiger partial charge in [0.15, 0.2) is 6.61 Å². The molecule has 0 heterocycles. The predicted octanol–water partition coefficient (Wildman–Crippen LogP) is 4.16. The first kappa shape index (κ1) is 16.8. The van der Waals surface area contributed by atoms with Crippen LogP contribution in [0.2, 0.25) is 0 Å². The lowest BCUT2D eigenvalue weighted by Crippen LogP contribution is -2.31. The smallest absolute Gasteiger partial charge is 0.258 e. The predicted molar refractivity (Wildman–Crippen MR) is 97.1 cm³/mol. The van der Waals surface area contributed by atoms with Crippen LogP contribution in [0.25, 0.3) is 0 Å². The summed E-state index contributed by atoms with van der Waals surface area (Å²) in [4.78, 5) is 12.0. The van der Waals surface area contributed by atoms with Crippen molar-refractivity contribution in [2.45, 2.75) is 26.8 Å². The van der Waals surface area contributed by atoms with Crippen molar-refractivity contribution >= 4 is 28.5 Å². The number of rotatable bonds is 5. The molecule has 0 radical (unpaired) electrons. The lowest BCUT2D eigenvalue weighted by atomic mass is 10.0. The second-order valence-corrected chi connectivity index (χ2v) is 6.62. The zero-order chi connectivity index (χ0) is 16.1. The Bertz CT molecular complexity index is 653. The molecule has 1 atom stereocenters. The molecular formula is C18H20INO2. The molecule has 2 aromatic rings. The molecule has 0 bridgehead atoms. The Balaban J connectivity index is 1.88. The van der Waals surface area contributed by atoms with Crippen LogP contribution < -0.4 is 10.1 Å². The van der Waals surface area contributed by atoms with Gasteiger partial charge < -0.3 is 10.1 Å². The number of amides is 1. The number of nitrogens with one attached hydrogen (secondary N) is 1. The quantitative estimate of drug-likeness (QED) is 0.754. The van der Waals surface area contributed by atoms with Crippen LogP contribution in [0.3, 0.4) is 0 Å². The second-order valence-electron chi connectivity index (χ2n) is 5.38. The normalized spacial score (nSPS) is 11.8. The fraction of sp³-hybridized carbons (Fsp3) is 0.278. The number of aryl methyl sites for hydroxylation is 2. The van der Waals surface area contributed by atoms with Crippen molar-refractivity contribution in [1.82, 2.24) is 5.32 Å². The molecule has 2 rings (SSSR count). The zero-order valence-corrected chi connectivity index (χ0v) is 15.2. The van der Waals surface area contributed by atoms with Gasteiger partial charge in [0, 0.05) is 3.57 Å². The van der Waals surface area contributed by atoms with Crippen molar-refractivity contribution in [2.24, 2.45) is 0 Å². The van der Waals surface area contributed by atoms with E-state index < -0.39 is 0 Å². The number of benzene rings is 2. The molecule has 0 saturated carbocycles. The van der Waals surface area contributed by atoms with E-state index in [1.807, 2.05) is 37.3 Å². The number of ether oxygens (including phenoxy) is 1. The Kier molecular flexibility index (Phi) is 5.83. The number of hydrogen-bond donors (Lipinski definition) is 1. The molecule has 22 heavy (non-hydrogen) atoms. The van der Waals surface area contributed by atoms with Crippen molar-refractivity contribution in [1.29, 1.82) is 0 Å². The maximum absolute atomic E-state index is 12.0. The molecule has 0 saturated heterocycles. The summed E-state index contributed by atoms with van der Waals surface area (Å²) in [7, 11) is 0. The highest BCUT2D eigenvalue weighted by molar-refractivity contribution is 14.1. The van der Waals surface area contributed by atoms with Gasteiger partial charge in [-0.25, -0.2) is 0 Å². The van der Waals surface area contributed by atoms with E-state index in [9.17, 15) is 4.79 Å². The largest absolute Gasteiger partial charge is 0.484 e. The van der Waals surface area contributed by atoms with Crippen LogP contribution in [-0.4, -0.2) is 12.5 Å². The number of carbonyl (C=O) groups is 1. The fourth-order valence-corrected chi connectivity index (χ4v) is 2.44. The highest BCUT2D eigenvalue weighted by Gasteiger charge is 2.10. The monoisotopic (exact) mass is 409 g/mol. The van der Waals surface area contributed by atoms with Crippen LogP contribution in [0, 0.1) is 17.4 Å². The molecule has 116 valence electrons. The van der Waals surface area contributed by atoms with Gasteiger partial charge in [0.05, 0.1) is 6.04 Å². The summed E-state index contributed by atoms with van der Waals surface area (Å²) in [6.07, 6.45) is 0. The standard InChI is InChI=1S/C18H20INO2/c1-12-4-5-15(10-13(12)2)14(3)20-18(21)11-22-17-8-6-16(19)7-9-17/h4-10,14H,11H2,1-3H3,(H,20,21)/t14-/m0/s1.